The van der Waals surface area contributed by atoms with Crippen molar-refractivity contribution in [1.82, 2.24) is 4.90 Å². The fourth-order valence-electron chi connectivity index (χ4n) is 2.30. The molecule has 0 aliphatic heterocycles. The van der Waals surface area contributed by atoms with Crippen LogP contribution >= 0.6 is 0 Å². The van der Waals surface area contributed by atoms with Gasteiger partial charge in [0.05, 0.1) is 6.54 Å². The molecule has 1 fully saturated rings. The Hall–Kier alpha value is -1.37. The first-order chi connectivity index (χ1) is 9.11. The van der Waals surface area contributed by atoms with Crippen LogP contribution in [0.5, 0.6) is 0 Å². The highest BCUT2D eigenvalue weighted by atomic mass is 19.1. The zero-order valence-electron chi connectivity index (χ0n) is 11.6. The van der Waals surface area contributed by atoms with Crippen LogP contribution < -0.4 is 5.73 Å². The second kappa shape index (κ2) is 6.18. The Balaban J connectivity index is 2.14. The molecule has 1 unspecified atom stereocenters. The van der Waals surface area contributed by atoms with Crippen molar-refractivity contribution in [3.05, 3.63) is 35.1 Å². The second-order valence-corrected chi connectivity index (χ2v) is 5.30. The molecule has 3 heteroatoms. The average Bonchev–Trinajstić information content (AvgIpc) is 3.22. The molecule has 1 aromatic carbocycles. The fraction of sp³-hybridized carbons (Fsp3) is 0.500. The van der Waals surface area contributed by atoms with Crippen LogP contribution in [0.1, 0.15) is 30.9 Å². The summed E-state index contributed by atoms with van der Waals surface area (Å²) in [5.74, 6) is 6.34. The van der Waals surface area contributed by atoms with Crippen molar-refractivity contribution in [2.75, 3.05) is 13.6 Å². The minimum Gasteiger partial charge on any atom is -0.320 e. The molecule has 2 N–H and O–H groups in total. The van der Waals surface area contributed by atoms with Crippen LogP contribution in [0.3, 0.4) is 0 Å². The van der Waals surface area contributed by atoms with Crippen molar-refractivity contribution >= 4 is 0 Å². The molecule has 1 saturated carbocycles. The van der Waals surface area contributed by atoms with Gasteiger partial charge in [0.1, 0.15) is 5.82 Å². The van der Waals surface area contributed by atoms with Gasteiger partial charge in [0.25, 0.3) is 0 Å². The highest BCUT2D eigenvalue weighted by Gasteiger charge is 2.30. The lowest BCUT2D eigenvalue weighted by Crippen LogP contribution is -2.30. The van der Waals surface area contributed by atoms with E-state index in [1.807, 2.05) is 6.07 Å². The van der Waals surface area contributed by atoms with Gasteiger partial charge >= 0.3 is 0 Å². The molecule has 0 radical (unpaired) electrons. The zero-order chi connectivity index (χ0) is 13.8. The highest BCUT2D eigenvalue weighted by Crippen LogP contribution is 2.35. The first-order valence-electron chi connectivity index (χ1n) is 6.79. The van der Waals surface area contributed by atoms with E-state index in [-0.39, 0.29) is 5.82 Å². The van der Waals surface area contributed by atoms with Crippen molar-refractivity contribution in [2.45, 2.75) is 32.4 Å². The van der Waals surface area contributed by atoms with Gasteiger partial charge in [-0.05, 0) is 50.4 Å². The maximum absolute atomic E-state index is 13.3. The van der Waals surface area contributed by atoms with E-state index < -0.39 is 0 Å². The van der Waals surface area contributed by atoms with Gasteiger partial charge in [0.2, 0.25) is 0 Å². The first kappa shape index (κ1) is 14.0. The van der Waals surface area contributed by atoms with Gasteiger partial charge in [-0.3, -0.25) is 4.90 Å². The summed E-state index contributed by atoms with van der Waals surface area (Å²) in [6, 6.07) is 5.39. The van der Waals surface area contributed by atoms with Crippen molar-refractivity contribution in [3.63, 3.8) is 0 Å². The van der Waals surface area contributed by atoms with Gasteiger partial charge in [-0.25, -0.2) is 4.39 Å². The maximum Gasteiger partial charge on any atom is 0.124 e. The predicted molar refractivity (Wildman–Crippen MR) is 76.0 cm³/mol. The zero-order valence-corrected chi connectivity index (χ0v) is 11.6. The van der Waals surface area contributed by atoms with E-state index in [4.69, 9.17) is 5.73 Å². The molecule has 0 aromatic heterocycles. The van der Waals surface area contributed by atoms with Crippen molar-refractivity contribution in [3.8, 4) is 11.8 Å². The monoisotopic (exact) mass is 260 g/mol. The third-order valence-electron chi connectivity index (χ3n) is 3.82. The molecule has 0 heterocycles. The molecule has 1 aromatic rings. The number of benzene rings is 1. The summed E-state index contributed by atoms with van der Waals surface area (Å²) in [4.78, 5) is 2.32. The average molecular weight is 260 g/mol. The Labute approximate surface area is 114 Å². The van der Waals surface area contributed by atoms with Gasteiger partial charge in [-0.1, -0.05) is 17.9 Å². The summed E-state index contributed by atoms with van der Waals surface area (Å²) >= 11 is 0. The second-order valence-electron chi connectivity index (χ2n) is 5.30. The van der Waals surface area contributed by atoms with Crippen molar-refractivity contribution < 1.29 is 4.39 Å². The van der Waals surface area contributed by atoms with E-state index in [1.54, 1.807) is 0 Å². The molecular formula is C16H21FN2. The standard InChI is InChI=1S/C16H21FN2/c1-12(13-5-6-13)19(2)11-15-7-8-16(17)10-14(15)4-3-9-18/h7-8,10,12-13H,5-6,9,11,18H2,1-2H3. The van der Waals surface area contributed by atoms with Gasteiger partial charge < -0.3 is 5.73 Å². The summed E-state index contributed by atoms with van der Waals surface area (Å²) in [6.07, 6.45) is 2.66. The van der Waals surface area contributed by atoms with Crippen LogP contribution in [-0.4, -0.2) is 24.5 Å². The minimum absolute atomic E-state index is 0.247. The Morgan fingerprint density at radius 1 is 1.47 bits per heavy atom. The van der Waals surface area contributed by atoms with E-state index >= 15 is 0 Å². The van der Waals surface area contributed by atoms with E-state index in [2.05, 4.69) is 30.7 Å². The van der Waals surface area contributed by atoms with Crippen LogP contribution in [0, 0.1) is 23.6 Å². The Morgan fingerprint density at radius 3 is 2.84 bits per heavy atom. The number of rotatable bonds is 4. The van der Waals surface area contributed by atoms with E-state index in [9.17, 15) is 4.39 Å². The summed E-state index contributed by atoms with van der Waals surface area (Å²) in [5.41, 5.74) is 7.20. The molecular weight excluding hydrogens is 239 g/mol. The maximum atomic E-state index is 13.3. The van der Waals surface area contributed by atoms with E-state index in [0.29, 0.717) is 12.6 Å². The molecule has 1 aliphatic carbocycles. The van der Waals surface area contributed by atoms with Crippen molar-refractivity contribution in [2.24, 2.45) is 11.7 Å². The third kappa shape index (κ3) is 3.79. The number of hydrogen-bond acceptors (Lipinski definition) is 2. The highest BCUT2D eigenvalue weighted by molar-refractivity contribution is 5.41. The molecule has 1 atom stereocenters. The van der Waals surface area contributed by atoms with Crippen LogP contribution in [0.15, 0.2) is 18.2 Å². The van der Waals surface area contributed by atoms with Gasteiger partial charge in [-0.2, -0.15) is 0 Å². The van der Waals surface area contributed by atoms with E-state index in [1.165, 1.54) is 25.0 Å². The molecule has 0 spiro atoms. The normalized spacial score (nSPS) is 16.1. The molecule has 0 saturated heterocycles. The Bertz CT molecular complexity index is 497. The Morgan fingerprint density at radius 2 is 2.21 bits per heavy atom. The smallest absolute Gasteiger partial charge is 0.124 e. The summed E-state index contributed by atoms with van der Waals surface area (Å²) in [7, 11) is 2.12. The third-order valence-corrected chi connectivity index (χ3v) is 3.82. The van der Waals surface area contributed by atoms with Gasteiger partial charge in [0, 0.05) is 18.2 Å². The lowest BCUT2D eigenvalue weighted by Gasteiger charge is -2.25. The van der Waals surface area contributed by atoms with Crippen molar-refractivity contribution in [1.29, 1.82) is 0 Å². The number of nitrogens with two attached hydrogens (primary N) is 1. The summed E-state index contributed by atoms with van der Waals surface area (Å²) in [6.45, 7) is 3.35. The fourth-order valence-corrected chi connectivity index (χ4v) is 2.30. The lowest BCUT2D eigenvalue weighted by molar-refractivity contribution is 0.226. The van der Waals surface area contributed by atoms with Gasteiger partial charge in [-0.15, -0.1) is 0 Å². The summed E-state index contributed by atoms with van der Waals surface area (Å²) < 4.78 is 13.3. The van der Waals surface area contributed by atoms with Crippen LogP contribution in [-0.2, 0) is 6.54 Å². The topological polar surface area (TPSA) is 29.3 Å². The Kier molecular flexibility index (Phi) is 4.57. The molecule has 2 nitrogen and oxygen atoms in total. The quantitative estimate of drug-likeness (QED) is 0.842. The molecule has 1 aliphatic rings. The number of nitrogens with zero attached hydrogens (tertiary/aromatic N) is 1. The van der Waals surface area contributed by atoms with Gasteiger partial charge in [0.15, 0.2) is 0 Å². The molecule has 102 valence electrons. The molecule has 2 rings (SSSR count). The van der Waals surface area contributed by atoms with Crippen LogP contribution in [0.2, 0.25) is 0 Å². The summed E-state index contributed by atoms with van der Waals surface area (Å²) in [5, 5.41) is 0. The largest absolute Gasteiger partial charge is 0.320 e. The molecule has 0 bridgehead atoms. The van der Waals surface area contributed by atoms with Crippen LogP contribution in [0.4, 0.5) is 4.39 Å². The minimum atomic E-state index is -0.247. The lowest BCUT2D eigenvalue weighted by atomic mass is 10.1. The predicted octanol–water partition coefficient (Wildman–Crippen LogP) is 2.37. The number of hydrogen-bond donors (Lipinski definition) is 1. The van der Waals surface area contributed by atoms with E-state index in [0.717, 1.165) is 23.6 Å². The van der Waals surface area contributed by atoms with Crippen LogP contribution in [0.25, 0.3) is 0 Å². The molecule has 19 heavy (non-hydrogen) atoms. The first-order valence-corrected chi connectivity index (χ1v) is 6.79. The SMILES string of the molecule is CC(C1CC1)N(C)Cc1ccc(F)cc1C#CCN. The number of halogens is 1. The molecule has 0 amide bonds.